The molecule has 1 aromatic heterocycles. The molecule has 25 heavy (non-hydrogen) atoms. The van der Waals surface area contributed by atoms with Gasteiger partial charge in [-0.25, -0.2) is 0 Å². The van der Waals surface area contributed by atoms with Gasteiger partial charge in [0.05, 0.1) is 0 Å². The molecule has 0 aliphatic rings. The number of nitrogens with one attached hydrogen (secondary N) is 2. The minimum absolute atomic E-state index is 0.271. The van der Waals surface area contributed by atoms with Crippen molar-refractivity contribution in [2.75, 3.05) is 10.6 Å². The van der Waals surface area contributed by atoms with Gasteiger partial charge in [0.15, 0.2) is 11.5 Å². The molecule has 5 nitrogen and oxygen atoms in total. The number of aryl methyl sites for hydroxylation is 3. The molecule has 1 heterocycles. The lowest BCUT2D eigenvalue weighted by Crippen LogP contribution is -2.14. The van der Waals surface area contributed by atoms with Gasteiger partial charge in [-0.2, -0.15) is 0 Å². The smallest absolute Gasteiger partial charge is 0.276 e. The summed E-state index contributed by atoms with van der Waals surface area (Å²) in [4.78, 5) is 12.3. The Morgan fingerprint density at radius 2 is 1.52 bits per heavy atom. The maximum absolute atomic E-state index is 12.3. The van der Waals surface area contributed by atoms with Crippen LogP contribution in [0.1, 0.15) is 27.2 Å². The van der Waals surface area contributed by atoms with E-state index in [-0.39, 0.29) is 11.6 Å². The van der Waals surface area contributed by atoms with E-state index in [0.29, 0.717) is 5.82 Å². The van der Waals surface area contributed by atoms with Crippen molar-refractivity contribution in [1.82, 2.24) is 10.2 Å². The largest absolute Gasteiger partial charge is 0.339 e. The van der Waals surface area contributed by atoms with Gasteiger partial charge in [-0.3, -0.25) is 4.79 Å². The number of carbonyl (C=O) groups is 1. The van der Waals surface area contributed by atoms with Gasteiger partial charge in [0.1, 0.15) is 0 Å². The Bertz CT molecular complexity index is 887. The standard InChI is InChI=1S/C20H20N4O/c1-13-4-7-16(8-5-13)21-19-11-10-18(23-24-19)20(25)22-17-9-6-14(2)15(3)12-17/h4-12H,1-3H3,(H,21,24)(H,22,25). The van der Waals surface area contributed by atoms with Gasteiger partial charge in [0.2, 0.25) is 0 Å². The average molecular weight is 332 g/mol. The Morgan fingerprint density at radius 3 is 2.16 bits per heavy atom. The first-order chi connectivity index (χ1) is 12.0. The van der Waals surface area contributed by atoms with Crippen molar-refractivity contribution < 1.29 is 4.79 Å². The molecule has 3 rings (SSSR count). The van der Waals surface area contributed by atoms with Crippen molar-refractivity contribution in [3.8, 4) is 0 Å². The molecule has 126 valence electrons. The maximum atomic E-state index is 12.3. The Balaban J connectivity index is 1.67. The second kappa shape index (κ2) is 7.13. The molecule has 0 atom stereocenters. The van der Waals surface area contributed by atoms with E-state index in [4.69, 9.17) is 0 Å². The highest BCUT2D eigenvalue weighted by molar-refractivity contribution is 6.02. The minimum Gasteiger partial charge on any atom is -0.339 e. The zero-order valence-electron chi connectivity index (χ0n) is 14.5. The highest BCUT2D eigenvalue weighted by Gasteiger charge is 2.09. The summed E-state index contributed by atoms with van der Waals surface area (Å²) in [6.07, 6.45) is 0. The van der Waals surface area contributed by atoms with Crippen LogP contribution in [-0.2, 0) is 0 Å². The minimum atomic E-state index is -0.280. The summed E-state index contributed by atoms with van der Waals surface area (Å²) in [6, 6.07) is 17.2. The van der Waals surface area contributed by atoms with Gasteiger partial charge in [-0.05, 0) is 68.3 Å². The van der Waals surface area contributed by atoms with Crippen LogP contribution in [0.5, 0.6) is 0 Å². The van der Waals surface area contributed by atoms with Crippen LogP contribution in [0, 0.1) is 20.8 Å². The number of hydrogen-bond acceptors (Lipinski definition) is 4. The average Bonchev–Trinajstić information content (AvgIpc) is 2.61. The molecule has 0 saturated carbocycles. The molecular formula is C20H20N4O. The topological polar surface area (TPSA) is 66.9 Å². The first kappa shape index (κ1) is 16.6. The van der Waals surface area contributed by atoms with Crippen LogP contribution in [0.4, 0.5) is 17.2 Å². The first-order valence-electron chi connectivity index (χ1n) is 8.07. The number of nitrogens with zero attached hydrogens (tertiary/aromatic N) is 2. The van der Waals surface area contributed by atoms with Crippen molar-refractivity contribution in [2.45, 2.75) is 20.8 Å². The zero-order valence-corrected chi connectivity index (χ0v) is 14.5. The summed E-state index contributed by atoms with van der Waals surface area (Å²) >= 11 is 0. The van der Waals surface area contributed by atoms with E-state index >= 15 is 0 Å². The van der Waals surface area contributed by atoms with E-state index in [1.165, 1.54) is 11.1 Å². The molecule has 5 heteroatoms. The van der Waals surface area contributed by atoms with Crippen molar-refractivity contribution >= 4 is 23.1 Å². The molecule has 0 unspecified atom stereocenters. The van der Waals surface area contributed by atoms with Crippen LogP contribution in [0.3, 0.4) is 0 Å². The molecule has 0 saturated heterocycles. The van der Waals surface area contributed by atoms with E-state index in [0.717, 1.165) is 16.9 Å². The van der Waals surface area contributed by atoms with Crippen LogP contribution < -0.4 is 10.6 Å². The molecule has 0 fully saturated rings. The number of hydrogen-bond donors (Lipinski definition) is 2. The van der Waals surface area contributed by atoms with Gasteiger partial charge >= 0.3 is 0 Å². The van der Waals surface area contributed by atoms with Crippen LogP contribution in [-0.4, -0.2) is 16.1 Å². The second-order valence-electron chi connectivity index (χ2n) is 6.05. The normalized spacial score (nSPS) is 10.4. The van der Waals surface area contributed by atoms with Crippen molar-refractivity contribution in [1.29, 1.82) is 0 Å². The highest BCUT2D eigenvalue weighted by atomic mass is 16.1. The fourth-order valence-electron chi connectivity index (χ4n) is 2.32. The van der Waals surface area contributed by atoms with Crippen molar-refractivity contribution in [3.63, 3.8) is 0 Å². The molecule has 0 aliphatic carbocycles. The molecule has 0 bridgehead atoms. The Morgan fingerprint density at radius 1 is 0.800 bits per heavy atom. The quantitative estimate of drug-likeness (QED) is 0.743. The molecule has 2 N–H and O–H groups in total. The lowest BCUT2D eigenvalue weighted by Gasteiger charge is -2.08. The van der Waals surface area contributed by atoms with E-state index in [1.807, 2.05) is 63.2 Å². The van der Waals surface area contributed by atoms with E-state index in [9.17, 15) is 4.79 Å². The second-order valence-corrected chi connectivity index (χ2v) is 6.05. The summed E-state index contributed by atoms with van der Waals surface area (Å²) in [5.41, 5.74) is 5.44. The van der Waals surface area contributed by atoms with E-state index in [2.05, 4.69) is 20.8 Å². The Kier molecular flexibility index (Phi) is 4.75. The predicted octanol–water partition coefficient (Wildman–Crippen LogP) is 4.40. The number of aromatic nitrogens is 2. The van der Waals surface area contributed by atoms with Gasteiger partial charge in [-0.15, -0.1) is 10.2 Å². The van der Waals surface area contributed by atoms with Crippen LogP contribution >= 0.6 is 0 Å². The maximum Gasteiger partial charge on any atom is 0.276 e. The molecule has 0 radical (unpaired) electrons. The lowest BCUT2D eigenvalue weighted by molar-refractivity contribution is 0.102. The number of rotatable bonds is 4. The Hall–Kier alpha value is -3.21. The molecule has 3 aromatic rings. The fraction of sp³-hybridized carbons (Fsp3) is 0.150. The van der Waals surface area contributed by atoms with Gasteiger partial charge in [-0.1, -0.05) is 23.8 Å². The summed E-state index contributed by atoms with van der Waals surface area (Å²) in [7, 11) is 0. The third-order valence-corrected chi connectivity index (χ3v) is 3.99. The van der Waals surface area contributed by atoms with E-state index < -0.39 is 0 Å². The summed E-state index contributed by atoms with van der Waals surface area (Å²) < 4.78 is 0. The fourth-order valence-corrected chi connectivity index (χ4v) is 2.32. The van der Waals surface area contributed by atoms with Gasteiger partial charge in [0.25, 0.3) is 5.91 Å². The molecule has 2 aromatic carbocycles. The highest BCUT2D eigenvalue weighted by Crippen LogP contribution is 2.16. The van der Waals surface area contributed by atoms with Crippen molar-refractivity contribution in [3.05, 3.63) is 77.0 Å². The van der Waals surface area contributed by atoms with Gasteiger partial charge < -0.3 is 10.6 Å². The van der Waals surface area contributed by atoms with Crippen molar-refractivity contribution in [2.24, 2.45) is 0 Å². The first-order valence-corrected chi connectivity index (χ1v) is 8.07. The number of carbonyl (C=O) groups excluding carboxylic acids is 1. The summed E-state index contributed by atoms with van der Waals surface area (Å²) in [5.74, 6) is 0.309. The number of amides is 1. The van der Waals surface area contributed by atoms with Crippen LogP contribution in [0.15, 0.2) is 54.6 Å². The van der Waals surface area contributed by atoms with E-state index in [1.54, 1.807) is 12.1 Å². The monoisotopic (exact) mass is 332 g/mol. The molecular weight excluding hydrogens is 312 g/mol. The van der Waals surface area contributed by atoms with Gasteiger partial charge in [0, 0.05) is 11.4 Å². The lowest BCUT2D eigenvalue weighted by atomic mass is 10.1. The zero-order chi connectivity index (χ0) is 17.8. The number of benzene rings is 2. The molecule has 0 aliphatic heterocycles. The number of anilines is 3. The SMILES string of the molecule is Cc1ccc(Nc2ccc(C(=O)Nc3ccc(C)c(C)c3)nn2)cc1. The summed E-state index contributed by atoms with van der Waals surface area (Å²) in [6.45, 7) is 6.08. The molecule has 1 amide bonds. The third kappa shape index (κ3) is 4.20. The predicted molar refractivity (Wildman–Crippen MR) is 100 cm³/mol. The third-order valence-electron chi connectivity index (χ3n) is 3.99. The summed E-state index contributed by atoms with van der Waals surface area (Å²) in [5, 5.41) is 14.1. The Labute approximate surface area is 147 Å². The van der Waals surface area contributed by atoms with Crippen LogP contribution in [0.2, 0.25) is 0 Å². The molecule has 0 spiro atoms. The van der Waals surface area contributed by atoms with Crippen LogP contribution in [0.25, 0.3) is 0 Å².